The second kappa shape index (κ2) is 7.38. The second-order valence-electron chi connectivity index (χ2n) is 6.26. The molecule has 1 N–H and O–H groups in total. The highest BCUT2D eigenvalue weighted by Crippen LogP contribution is 2.30. The molecule has 4 rings (SSSR count). The molecule has 0 fully saturated rings. The van der Waals surface area contributed by atoms with Crippen molar-refractivity contribution in [2.45, 2.75) is 6.55 Å². The Morgan fingerprint density at radius 2 is 1.59 bits per heavy atom. The van der Waals surface area contributed by atoms with Gasteiger partial charge in [-0.3, -0.25) is 9.36 Å². The van der Waals surface area contributed by atoms with Gasteiger partial charge in [0.1, 0.15) is 17.5 Å². The standard InChI is InChI=1S/C21H13F4N3O/c22-14-9-13(10-15(23)11-14)20(29)26-16-7-5-12(6-8-16)19-27-17-3-1-2-4-18(17)28(19)21(24)25/h1-11,21H,(H,26,29). The maximum atomic E-state index is 13.6. The zero-order valence-corrected chi connectivity index (χ0v) is 14.7. The molecule has 8 heteroatoms. The van der Waals surface area contributed by atoms with Crippen molar-refractivity contribution in [1.82, 2.24) is 9.55 Å². The van der Waals surface area contributed by atoms with E-state index in [-0.39, 0.29) is 11.4 Å². The summed E-state index contributed by atoms with van der Waals surface area (Å²) < 4.78 is 54.5. The molecular formula is C21H13F4N3O. The third-order valence-corrected chi connectivity index (χ3v) is 4.32. The highest BCUT2D eigenvalue weighted by molar-refractivity contribution is 6.04. The Morgan fingerprint density at radius 1 is 0.931 bits per heavy atom. The fourth-order valence-corrected chi connectivity index (χ4v) is 3.04. The fraction of sp³-hybridized carbons (Fsp3) is 0.0476. The molecule has 0 atom stereocenters. The van der Waals surface area contributed by atoms with Crippen molar-refractivity contribution in [3.63, 3.8) is 0 Å². The van der Waals surface area contributed by atoms with E-state index in [9.17, 15) is 22.4 Å². The molecule has 0 saturated heterocycles. The van der Waals surface area contributed by atoms with Gasteiger partial charge in [0.05, 0.1) is 11.0 Å². The Bertz CT molecular complexity index is 1180. The van der Waals surface area contributed by atoms with Crippen LogP contribution in [0.2, 0.25) is 0 Å². The summed E-state index contributed by atoms with van der Waals surface area (Å²) >= 11 is 0. The molecule has 0 saturated carbocycles. The van der Waals surface area contributed by atoms with Crippen LogP contribution in [0.1, 0.15) is 16.9 Å². The summed E-state index contributed by atoms with van der Waals surface area (Å²) in [6, 6.07) is 15.1. The average molecular weight is 399 g/mol. The lowest BCUT2D eigenvalue weighted by Gasteiger charge is -2.09. The quantitative estimate of drug-likeness (QED) is 0.452. The number of alkyl halides is 2. The van der Waals surface area contributed by atoms with Gasteiger partial charge in [-0.05, 0) is 48.5 Å². The molecule has 29 heavy (non-hydrogen) atoms. The number of hydrogen-bond donors (Lipinski definition) is 1. The molecule has 0 unspecified atom stereocenters. The van der Waals surface area contributed by atoms with Gasteiger partial charge in [-0.25, -0.2) is 13.8 Å². The Morgan fingerprint density at radius 3 is 2.24 bits per heavy atom. The number of nitrogens with one attached hydrogen (secondary N) is 1. The molecular weight excluding hydrogens is 386 g/mol. The van der Waals surface area contributed by atoms with Gasteiger partial charge in [0, 0.05) is 22.9 Å². The van der Waals surface area contributed by atoms with Gasteiger partial charge in [0.25, 0.3) is 5.91 Å². The Kier molecular flexibility index (Phi) is 4.75. The van der Waals surface area contributed by atoms with Crippen LogP contribution in [0.5, 0.6) is 0 Å². The topological polar surface area (TPSA) is 46.9 Å². The SMILES string of the molecule is O=C(Nc1ccc(-c2nc3ccccc3n2C(F)F)cc1)c1cc(F)cc(F)c1. The first-order valence-electron chi connectivity index (χ1n) is 8.55. The van der Waals surface area contributed by atoms with E-state index < -0.39 is 24.1 Å². The van der Waals surface area contributed by atoms with Crippen LogP contribution in [-0.2, 0) is 0 Å². The molecule has 4 aromatic rings. The highest BCUT2D eigenvalue weighted by atomic mass is 19.3. The summed E-state index contributed by atoms with van der Waals surface area (Å²) in [6.07, 6.45) is 0. The smallest absolute Gasteiger partial charge is 0.320 e. The van der Waals surface area contributed by atoms with Gasteiger partial charge in [0.15, 0.2) is 0 Å². The predicted octanol–water partition coefficient (Wildman–Crippen LogP) is 5.63. The van der Waals surface area contributed by atoms with E-state index in [0.29, 0.717) is 28.4 Å². The lowest BCUT2D eigenvalue weighted by Crippen LogP contribution is -2.12. The van der Waals surface area contributed by atoms with Crippen molar-refractivity contribution in [2.24, 2.45) is 0 Å². The minimum atomic E-state index is -2.78. The predicted molar refractivity (Wildman–Crippen MR) is 101 cm³/mol. The minimum Gasteiger partial charge on any atom is -0.322 e. The molecule has 0 bridgehead atoms. The van der Waals surface area contributed by atoms with Crippen molar-refractivity contribution in [1.29, 1.82) is 0 Å². The van der Waals surface area contributed by atoms with E-state index in [0.717, 1.165) is 16.7 Å². The number of para-hydroxylation sites is 2. The number of imidazole rings is 1. The molecule has 4 nitrogen and oxygen atoms in total. The number of rotatable bonds is 4. The number of anilines is 1. The number of benzene rings is 3. The summed E-state index contributed by atoms with van der Waals surface area (Å²) in [7, 11) is 0. The van der Waals surface area contributed by atoms with Crippen molar-refractivity contribution in [3.8, 4) is 11.4 Å². The Balaban J connectivity index is 1.62. The van der Waals surface area contributed by atoms with Crippen molar-refractivity contribution in [3.05, 3.63) is 83.9 Å². The van der Waals surface area contributed by atoms with E-state index in [1.807, 2.05) is 0 Å². The lowest BCUT2D eigenvalue weighted by atomic mass is 10.1. The van der Waals surface area contributed by atoms with Crippen LogP contribution >= 0.6 is 0 Å². The van der Waals surface area contributed by atoms with E-state index in [1.54, 1.807) is 24.3 Å². The summed E-state index contributed by atoms with van der Waals surface area (Å²) in [5.41, 5.74) is 1.34. The number of nitrogens with zero attached hydrogens (tertiary/aromatic N) is 2. The zero-order chi connectivity index (χ0) is 20.5. The number of aromatic nitrogens is 2. The van der Waals surface area contributed by atoms with Crippen LogP contribution in [0, 0.1) is 11.6 Å². The van der Waals surface area contributed by atoms with Crippen molar-refractivity contribution < 1.29 is 22.4 Å². The van der Waals surface area contributed by atoms with Crippen LogP contribution in [0.4, 0.5) is 23.2 Å². The van der Waals surface area contributed by atoms with Gasteiger partial charge in [-0.15, -0.1) is 0 Å². The van der Waals surface area contributed by atoms with Crippen LogP contribution in [-0.4, -0.2) is 15.5 Å². The number of fused-ring (bicyclic) bond motifs is 1. The maximum Gasteiger partial charge on any atom is 0.320 e. The number of carbonyl (C=O) groups is 1. The van der Waals surface area contributed by atoms with Crippen molar-refractivity contribution >= 4 is 22.6 Å². The van der Waals surface area contributed by atoms with Crippen LogP contribution in [0.3, 0.4) is 0 Å². The molecule has 0 aliphatic carbocycles. The minimum absolute atomic E-state index is 0.0891. The average Bonchev–Trinajstić information content (AvgIpc) is 3.07. The highest BCUT2D eigenvalue weighted by Gasteiger charge is 2.19. The lowest BCUT2D eigenvalue weighted by molar-refractivity contribution is 0.0764. The van der Waals surface area contributed by atoms with E-state index >= 15 is 0 Å². The molecule has 1 aromatic heterocycles. The molecule has 0 aliphatic heterocycles. The first kappa shape index (κ1) is 18.7. The summed E-state index contributed by atoms with van der Waals surface area (Å²) in [6.45, 7) is -2.78. The molecule has 0 aliphatic rings. The van der Waals surface area contributed by atoms with Crippen LogP contribution < -0.4 is 5.32 Å². The molecule has 1 heterocycles. The molecule has 146 valence electrons. The van der Waals surface area contributed by atoms with Gasteiger partial charge in [-0.1, -0.05) is 12.1 Å². The summed E-state index contributed by atoms with van der Waals surface area (Å²) in [5, 5.41) is 2.51. The molecule has 0 spiro atoms. The Labute approximate surface area is 162 Å². The third-order valence-electron chi connectivity index (χ3n) is 4.32. The number of amides is 1. The maximum absolute atomic E-state index is 13.6. The van der Waals surface area contributed by atoms with Crippen LogP contribution in [0.25, 0.3) is 22.4 Å². The van der Waals surface area contributed by atoms with E-state index in [1.165, 1.54) is 24.3 Å². The van der Waals surface area contributed by atoms with Gasteiger partial charge in [-0.2, -0.15) is 8.78 Å². The van der Waals surface area contributed by atoms with Gasteiger partial charge < -0.3 is 5.32 Å². The van der Waals surface area contributed by atoms with E-state index in [4.69, 9.17) is 0 Å². The Hall–Kier alpha value is -3.68. The first-order valence-corrected chi connectivity index (χ1v) is 8.55. The molecule has 1 amide bonds. The van der Waals surface area contributed by atoms with Gasteiger partial charge >= 0.3 is 6.55 Å². The number of carbonyl (C=O) groups excluding carboxylic acids is 1. The summed E-state index contributed by atoms with van der Waals surface area (Å²) in [5.74, 6) is -2.34. The normalized spacial score (nSPS) is 11.2. The monoisotopic (exact) mass is 399 g/mol. The molecule has 3 aromatic carbocycles. The molecule has 0 radical (unpaired) electrons. The third kappa shape index (κ3) is 3.69. The number of hydrogen-bond acceptors (Lipinski definition) is 2. The van der Waals surface area contributed by atoms with Crippen molar-refractivity contribution in [2.75, 3.05) is 5.32 Å². The van der Waals surface area contributed by atoms with Crippen LogP contribution in [0.15, 0.2) is 66.7 Å². The summed E-state index contributed by atoms with van der Waals surface area (Å²) in [4.78, 5) is 16.4. The second-order valence-corrected chi connectivity index (χ2v) is 6.26. The fourth-order valence-electron chi connectivity index (χ4n) is 3.04. The zero-order valence-electron chi connectivity index (χ0n) is 14.7. The first-order chi connectivity index (χ1) is 13.9. The van der Waals surface area contributed by atoms with Gasteiger partial charge in [0.2, 0.25) is 0 Å². The largest absolute Gasteiger partial charge is 0.322 e. The number of halogens is 4. The van der Waals surface area contributed by atoms with E-state index in [2.05, 4.69) is 10.3 Å².